The molecule has 2 aromatic carbocycles. The van der Waals surface area contributed by atoms with E-state index in [1.54, 1.807) is 0 Å². The molecule has 2 aromatic rings. The molecule has 1 N–H and O–H groups in total. The van der Waals surface area contributed by atoms with Crippen LogP contribution in [0.5, 0.6) is 0 Å². The van der Waals surface area contributed by atoms with Crippen LogP contribution in [-0.2, 0) is 24.2 Å². The van der Waals surface area contributed by atoms with Crippen LogP contribution in [-0.4, -0.2) is 23.9 Å². The molecule has 1 heterocycles. The highest BCUT2D eigenvalue weighted by Crippen LogP contribution is 2.26. The fraction of sp³-hybridized carbons (Fsp3) is 0.480. The third-order valence-electron chi connectivity index (χ3n) is 6.47. The minimum atomic E-state index is 0.0870. The molecule has 148 valence electrons. The summed E-state index contributed by atoms with van der Waals surface area (Å²) in [6.45, 7) is 7.22. The van der Waals surface area contributed by atoms with Crippen molar-refractivity contribution in [2.24, 2.45) is 5.92 Å². The number of carbonyl (C=O) groups is 1. The van der Waals surface area contributed by atoms with Crippen LogP contribution >= 0.6 is 0 Å². The van der Waals surface area contributed by atoms with E-state index in [-0.39, 0.29) is 17.9 Å². The Labute approximate surface area is 169 Å². The molecule has 0 bridgehead atoms. The summed E-state index contributed by atoms with van der Waals surface area (Å²) in [6.07, 6.45) is 5.56. The predicted octanol–water partition coefficient (Wildman–Crippen LogP) is 4.57. The van der Waals surface area contributed by atoms with Crippen molar-refractivity contribution in [2.45, 2.75) is 58.5 Å². The number of nitrogens with zero attached hydrogens (tertiary/aromatic N) is 1. The van der Waals surface area contributed by atoms with E-state index in [0.29, 0.717) is 0 Å². The van der Waals surface area contributed by atoms with Crippen molar-refractivity contribution in [3.05, 3.63) is 70.3 Å². The first kappa shape index (κ1) is 19.2. The second-order valence-electron chi connectivity index (χ2n) is 8.65. The third-order valence-corrected chi connectivity index (χ3v) is 6.47. The van der Waals surface area contributed by atoms with Crippen molar-refractivity contribution in [2.75, 3.05) is 13.1 Å². The van der Waals surface area contributed by atoms with Gasteiger partial charge in [-0.25, -0.2) is 0 Å². The Morgan fingerprint density at radius 3 is 2.54 bits per heavy atom. The predicted molar refractivity (Wildman–Crippen MR) is 114 cm³/mol. The molecular weight excluding hydrogens is 344 g/mol. The standard InChI is InChI=1S/C25H32N2O/c1-18-6-8-20(9-7-18)17-27-14-12-22(13-15-27)25(28)26-19(2)23-11-10-21-4-3-5-24(21)16-23/h6-11,16,19,22H,3-5,12-15,17H2,1-2H3,(H,26,28)/t19-/m0/s1. The second-order valence-corrected chi connectivity index (χ2v) is 8.65. The first-order valence-corrected chi connectivity index (χ1v) is 10.8. The number of likely N-dealkylation sites (tertiary alicyclic amines) is 1. The molecule has 2 aliphatic rings. The monoisotopic (exact) mass is 376 g/mol. The third kappa shape index (κ3) is 4.47. The van der Waals surface area contributed by atoms with Crippen molar-refractivity contribution >= 4 is 5.91 Å². The molecule has 0 saturated carbocycles. The van der Waals surface area contributed by atoms with Crippen LogP contribution in [0.4, 0.5) is 0 Å². The number of benzene rings is 2. The lowest BCUT2D eigenvalue weighted by Crippen LogP contribution is -2.40. The highest BCUT2D eigenvalue weighted by molar-refractivity contribution is 5.79. The number of fused-ring (bicyclic) bond motifs is 1. The fourth-order valence-corrected chi connectivity index (χ4v) is 4.58. The van der Waals surface area contributed by atoms with Gasteiger partial charge in [0.2, 0.25) is 5.91 Å². The molecule has 1 fully saturated rings. The number of hydrogen-bond donors (Lipinski definition) is 1. The minimum absolute atomic E-state index is 0.0870. The summed E-state index contributed by atoms with van der Waals surface area (Å²) in [5.74, 6) is 0.370. The summed E-state index contributed by atoms with van der Waals surface area (Å²) in [4.78, 5) is 15.3. The zero-order valence-corrected chi connectivity index (χ0v) is 17.2. The van der Waals surface area contributed by atoms with Gasteiger partial charge >= 0.3 is 0 Å². The van der Waals surface area contributed by atoms with Gasteiger partial charge in [0.15, 0.2) is 0 Å². The van der Waals surface area contributed by atoms with Crippen LogP contribution in [0.2, 0.25) is 0 Å². The number of nitrogens with one attached hydrogen (secondary N) is 1. The van der Waals surface area contributed by atoms with Gasteiger partial charge in [0.25, 0.3) is 0 Å². The molecule has 0 unspecified atom stereocenters. The Morgan fingerprint density at radius 2 is 1.79 bits per heavy atom. The molecule has 28 heavy (non-hydrogen) atoms. The molecule has 0 spiro atoms. The van der Waals surface area contributed by atoms with Gasteiger partial charge in [0, 0.05) is 12.5 Å². The van der Waals surface area contributed by atoms with E-state index < -0.39 is 0 Å². The normalized spacial score (nSPS) is 18.6. The van der Waals surface area contributed by atoms with Crippen molar-refractivity contribution < 1.29 is 4.79 Å². The maximum absolute atomic E-state index is 12.8. The lowest BCUT2D eigenvalue weighted by molar-refractivity contribution is -0.127. The topological polar surface area (TPSA) is 32.3 Å². The van der Waals surface area contributed by atoms with Crippen LogP contribution in [0.15, 0.2) is 42.5 Å². The summed E-state index contributed by atoms with van der Waals surface area (Å²) < 4.78 is 0. The van der Waals surface area contributed by atoms with Crippen molar-refractivity contribution in [1.29, 1.82) is 0 Å². The summed E-state index contributed by atoms with van der Waals surface area (Å²) in [5, 5.41) is 3.27. The average molecular weight is 377 g/mol. The van der Waals surface area contributed by atoms with Gasteiger partial charge < -0.3 is 5.32 Å². The molecule has 1 amide bonds. The largest absolute Gasteiger partial charge is 0.349 e. The number of rotatable bonds is 5. The highest BCUT2D eigenvalue weighted by atomic mass is 16.1. The molecule has 3 heteroatoms. The molecule has 0 radical (unpaired) electrons. The van der Waals surface area contributed by atoms with E-state index in [1.165, 1.54) is 47.1 Å². The molecule has 1 aliphatic carbocycles. The average Bonchev–Trinajstić information content (AvgIpc) is 3.18. The van der Waals surface area contributed by atoms with E-state index in [4.69, 9.17) is 0 Å². The Balaban J connectivity index is 1.27. The second kappa shape index (κ2) is 8.48. The highest BCUT2D eigenvalue weighted by Gasteiger charge is 2.26. The van der Waals surface area contributed by atoms with Gasteiger partial charge in [-0.15, -0.1) is 0 Å². The molecule has 1 atom stereocenters. The van der Waals surface area contributed by atoms with Crippen LogP contribution < -0.4 is 5.32 Å². The molecule has 0 aromatic heterocycles. The zero-order chi connectivity index (χ0) is 19.5. The number of hydrogen-bond acceptors (Lipinski definition) is 2. The van der Waals surface area contributed by atoms with E-state index in [0.717, 1.165) is 32.5 Å². The zero-order valence-electron chi connectivity index (χ0n) is 17.2. The smallest absolute Gasteiger partial charge is 0.223 e. The van der Waals surface area contributed by atoms with Gasteiger partial charge in [0.05, 0.1) is 6.04 Å². The number of piperidine rings is 1. The molecule has 3 nitrogen and oxygen atoms in total. The quantitative estimate of drug-likeness (QED) is 0.829. The molecule has 4 rings (SSSR count). The number of amides is 1. The van der Waals surface area contributed by atoms with E-state index >= 15 is 0 Å². The Bertz CT molecular complexity index is 819. The maximum Gasteiger partial charge on any atom is 0.223 e. The van der Waals surface area contributed by atoms with E-state index in [1.807, 2.05) is 0 Å². The Hall–Kier alpha value is -2.13. The van der Waals surface area contributed by atoms with Crippen molar-refractivity contribution in [3.8, 4) is 0 Å². The lowest BCUT2D eigenvalue weighted by Gasteiger charge is -2.32. The fourth-order valence-electron chi connectivity index (χ4n) is 4.58. The summed E-state index contributed by atoms with van der Waals surface area (Å²) >= 11 is 0. The number of carbonyl (C=O) groups excluding carboxylic acids is 1. The Kier molecular flexibility index (Phi) is 5.82. The van der Waals surface area contributed by atoms with Gasteiger partial charge in [-0.1, -0.05) is 48.0 Å². The molecule has 1 aliphatic heterocycles. The van der Waals surface area contributed by atoms with Crippen molar-refractivity contribution in [3.63, 3.8) is 0 Å². The summed E-state index contributed by atoms with van der Waals surface area (Å²) in [7, 11) is 0. The van der Waals surface area contributed by atoms with Crippen LogP contribution in [0, 0.1) is 12.8 Å². The van der Waals surface area contributed by atoms with Gasteiger partial charge in [-0.05, 0) is 81.3 Å². The first-order chi connectivity index (χ1) is 13.6. The van der Waals surface area contributed by atoms with Crippen LogP contribution in [0.1, 0.15) is 60.0 Å². The van der Waals surface area contributed by atoms with Crippen LogP contribution in [0.25, 0.3) is 0 Å². The summed E-state index contributed by atoms with van der Waals surface area (Å²) in [5.41, 5.74) is 6.87. The van der Waals surface area contributed by atoms with E-state index in [2.05, 4.69) is 66.5 Å². The summed E-state index contributed by atoms with van der Waals surface area (Å²) in [6, 6.07) is 15.6. The Morgan fingerprint density at radius 1 is 1.07 bits per heavy atom. The molecule has 1 saturated heterocycles. The van der Waals surface area contributed by atoms with E-state index in [9.17, 15) is 4.79 Å². The maximum atomic E-state index is 12.8. The number of aryl methyl sites for hydroxylation is 3. The lowest BCUT2D eigenvalue weighted by atomic mass is 9.94. The van der Waals surface area contributed by atoms with Crippen LogP contribution in [0.3, 0.4) is 0 Å². The van der Waals surface area contributed by atoms with Gasteiger partial charge in [-0.2, -0.15) is 0 Å². The van der Waals surface area contributed by atoms with Gasteiger partial charge in [0.1, 0.15) is 0 Å². The SMILES string of the molecule is Cc1ccc(CN2CCC(C(=O)N[C@@H](C)c3ccc4c(c3)CCC4)CC2)cc1. The molecular formula is C25H32N2O. The van der Waals surface area contributed by atoms with Gasteiger partial charge in [-0.3, -0.25) is 9.69 Å². The van der Waals surface area contributed by atoms with Crippen molar-refractivity contribution in [1.82, 2.24) is 10.2 Å². The minimum Gasteiger partial charge on any atom is -0.349 e. The first-order valence-electron chi connectivity index (χ1n) is 10.8.